The molecule has 0 aliphatic carbocycles. The highest BCUT2D eigenvalue weighted by Crippen LogP contribution is 2.37. The molecule has 0 saturated carbocycles. The fraction of sp³-hybridized carbons (Fsp3) is 0.278. The number of nitrogens with one attached hydrogen (secondary N) is 1. The van der Waals surface area contributed by atoms with Crippen molar-refractivity contribution in [2.24, 2.45) is 0 Å². The molecule has 10 heteroatoms. The van der Waals surface area contributed by atoms with Gasteiger partial charge in [-0.1, -0.05) is 23.4 Å². The summed E-state index contributed by atoms with van der Waals surface area (Å²) in [5.74, 6) is -0.0691. The quantitative estimate of drug-likeness (QED) is 0.394. The Kier molecular flexibility index (Phi) is 5.88. The zero-order valence-electron chi connectivity index (χ0n) is 15.1. The maximum Gasteiger partial charge on any atom is 0.418 e. The molecule has 0 spiro atoms. The summed E-state index contributed by atoms with van der Waals surface area (Å²) in [5.41, 5.74) is -0.267. The summed E-state index contributed by atoms with van der Waals surface area (Å²) in [4.78, 5) is 23.1. The summed E-state index contributed by atoms with van der Waals surface area (Å²) in [7, 11) is 0. The predicted octanol–water partition coefficient (Wildman–Crippen LogP) is 6.02. The number of halogens is 4. The molecular formula is C18H15ClF3N3OS2. The Bertz CT molecular complexity index is 1070. The maximum atomic E-state index is 13.2. The number of benzene rings is 1. The van der Waals surface area contributed by atoms with Gasteiger partial charge >= 0.3 is 6.18 Å². The third-order valence-electron chi connectivity index (χ3n) is 4.01. The van der Waals surface area contributed by atoms with E-state index in [1.807, 2.05) is 13.8 Å². The Balaban J connectivity index is 1.80. The number of thiophene rings is 1. The van der Waals surface area contributed by atoms with Gasteiger partial charge in [0.15, 0.2) is 0 Å². The number of carbonyl (C=O) groups is 1. The zero-order chi connectivity index (χ0) is 20.6. The normalized spacial score (nSPS) is 11.8. The molecule has 1 aromatic carbocycles. The second-order valence-electron chi connectivity index (χ2n) is 6.06. The highest BCUT2D eigenvalue weighted by molar-refractivity contribution is 8.00. The molecule has 0 aliphatic rings. The van der Waals surface area contributed by atoms with Crippen molar-refractivity contribution >= 4 is 56.5 Å². The van der Waals surface area contributed by atoms with Crippen LogP contribution in [0.15, 0.2) is 23.2 Å². The van der Waals surface area contributed by atoms with E-state index < -0.39 is 17.6 Å². The monoisotopic (exact) mass is 445 g/mol. The average Bonchev–Trinajstić information content (AvgIpc) is 2.87. The molecule has 2 heterocycles. The highest BCUT2D eigenvalue weighted by Gasteiger charge is 2.34. The molecule has 28 heavy (non-hydrogen) atoms. The Morgan fingerprint density at radius 2 is 1.96 bits per heavy atom. The topological polar surface area (TPSA) is 54.9 Å². The Morgan fingerprint density at radius 1 is 1.25 bits per heavy atom. The van der Waals surface area contributed by atoms with Crippen molar-refractivity contribution in [2.75, 3.05) is 11.1 Å². The van der Waals surface area contributed by atoms with Gasteiger partial charge in [0.25, 0.3) is 0 Å². The number of amides is 1. The van der Waals surface area contributed by atoms with Crippen molar-refractivity contribution < 1.29 is 18.0 Å². The largest absolute Gasteiger partial charge is 0.418 e. The van der Waals surface area contributed by atoms with E-state index in [4.69, 9.17) is 11.6 Å². The van der Waals surface area contributed by atoms with Crippen LogP contribution in [0.1, 0.15) is 21.8 Å². The van der Waals surface area contributed by atoms with E-state index in [1.165, 1.54) is 17.8 Å². The fourth-order valence-electron chi connectivity index (χ4n) is 2.60. The first-order valence-electron chi connectivity index (χ1n) is 8.10. The van der Waals surface area contributed by atoms with Crippen LogP contribution in [0.5, 0.6) is 0 Å². The van der Waals surface area contributed by atoms with Gasteiger partial charge in [-0.2, -0.15) is 13.2 Å². The van der Waals surface area contributed by atoms with Crippen molar-refractivity contribution in [3.63, 3.8) is 0 Å². The van der Waals surface area contributed by atoms with Gasteiger partial charge in [0, 0.05) is 15.3 Å². The fourth-order valence-corrected chi connectivity index (χ4v) is 4.84. The highest BCUT2D eigenvalue weighted by atomic mass is 35.5. The summed E-state index contributed by atoms with van der Waals surface area (Å²) >= 11 is 8.38. The lowest BCUT2D eigenvalue weighted by Gasteiger charge is -2.14. The molecule has 3 aromatic rings. The number of hydrogen-bond donors (Lipinski definition) is 1. The van der Waals surface area contributed by atoms with Crippen molar-refractivity contribution in [3.05, 3.63) is 45.1 Å². The van der Waals surface area contributed by atoms with Crippen LogP contribution in [0, 0.1) is 20.8 Å². The van der Waals surface area contributed by atoms with Crippen molar-refractivity contribution in [1.82, 2.24) is 9.97 Å². The molecule has 3 rings (SSSR count). The van der Waals surface area contributed by atoms with Gasteiger partial charge in [-0.05, 0) is 44.5 Å². The standard InChI is InChI=1S/C18H15ClF3N3OS2/c1-8-9(2)28-17-15(8)16(23-10(3)24-17)27-7-14(26)25-13-5-4-11(19)6-12(13)18(20,21)22/h4-6H,7H2,1-3H3,(H,25,26). The summed E-state index contributed by atoms with van der Waals surface area (Å²) in [6, 6.07) is 3.24. The molecule has 148 valence electrons. The van der Waals surface area contributed by atoms with Crippen molar-refractivity contribution in [2.45, 2.75) is 32.0 Å². The minimum absolute atomic E-state index is 0.0538. The number of hydrogen-bond acceptors (Lipinski definition) is 5. The molecule has 0 aliphatic heterocycles. The number of rotatable bonds is 4. The molecule has 0 atom stereocenters. The van der Waals surface area contributed by atoms with Crippen LogP contribution in [-0.4, -0.2) is 21.6 Å². The van der Waals surface area contributed by atoms with Crippen LogP contribution in [-0.2, 0) is 11.0 Å². The van der Waals surface area contributed by atoms with E-state index in [0.29, 0.717) is 10.9 Å². The molecule has 0 saturated heterocycles. The first kappa shape index (κ1) is 20.9. The van der Waals surface area contributed by atoms with Crippen LogP contribution in [0.3, 0.4) is 0 Å². The number of nitrogens with zero attached hydrogens (tertiary/aromatic N) is 2. The van der Waals surface area contributed by atoms with Gasteiger partial charge in [0.1, 0.15) is 15.7 Å². The van der Waals surface area contributed by atoms with Crippen LogP contribution >= 0.6 is 34.7 Å². The van der Waals surface area contributed by atoms with Crippen LogP contribution < -0.4 is 5.32 Å². The lowest BCUT2D eigenvalue weighted by Crippen LogP contribution is -2.18. The number of fused-ring (bicyclic) bond motifs is 1. The zero-order valence-corrected chi connectivity index (χ0v) is 17.5. The van der Waals surface area contributed by atoms with Gasteiger partial charge in [-0.15, -0.1) is 11.3 Å². The van der Waals surface area contributed by atoms with Crippen LogP contribution in [0.2, 0.25) is 5.02 Å². The van der Waals surface area contributed by atoms with Crippen LogP contribution in [0.25, 0.3) is 10.2 Å². The van der Waals surface area contributed by atoms with E-state index >= 15 is 0 Å². The second kappa shape index (κ2) is 7.88. The van der Waals surface area contributed by atoms with E-state index in [9.17, 15) is 18.0 Å². The number of aromatic nitrogens is 2. The maximum absolute atomic E-state index is 13.2. The first-order chi connectivity index (χ1) is 13.1. The molecule has 0 bridgehead atoms. The number of aryl methyl sites for hydroxylation is 3. The molecule has 4 nitrogen and oxygen atoms in total. The van der Waals surface area contributed by atoms with Gasteiger partial charge < -0.3 is 5.32 Å². The number of alkyl halides is 3. The Hall–Kier alpha value is -1.84. The molecule has 1 N–H and O–H groups in total. The van der Waals surface area contributed by atoms with Gasteiger partial charge in [-0.25, -0.2) is 9.97 Å². The third-order valence-corrected chi connectivity index (χ3v) is 6.32. The third kappa shape index (κ3) is 4.42. The lowest BCUT2D eigenvalue weighted by molar-refractivity contribution is -0.137. The molecular weight excluding hydrogens is 431 g/mol. The summed E-state index contributed by atoms with van der Waals surface area (Å²) < 4.78 is 39.5. The van der Waals surface area contributed by atoms with E-state index in [0.717, 1.165) is 32.8 Å². The Morgan fingerprint density at radius 3 is 2.64 bits per heavy atom. The van der Waals surface area contributed by atoms with E-state index in [1.54, 1.807) is 18.3 Å². The Labute approximate surface area is 172 Å². The predicted molar refractivity (Wildman–Crippen MR) is 107 cm³/mol. The first-order valence-corrected chi connectivity index (χ1v) is 10.3. The second-order valence-corrected chi connectivity index (χ2v) is 8.67. The number of carbonyl (C=O) groups excluding carboxylic acids is 1. The molecule has 0 unspecified atom stereocenters. The average molecular weight is 446 g/mol. The van der Waals surface area contributed by atoms with Gasteiger partial charge in [-0.3, -0.25) is 4.79 Å². The molecule has 0 fully saturated rings. The minimum Gasteiger partial charge on any atom is -0.325 e. The molecule has 1 amide bonds. The van der Waals surface area contributed by atoms with Crippen LogP contribution in [0.4, 0.5) is 18.9 Å². The summed E-state index contributed by atoms with van der Waals surface area (Å²) in [6.45, 7) is 5.70. The number of anilines is 1. The van der Waals surface area contributed by atoms with E-state index in [-0.39, 0.29) is 16.5 Å². The number of thioether (sulfide) groups is 1. The smallest absolute Gasteiger partial charge is 0.325 e. The van der Waals surface area contributed by atoms with Crippen molar-refractivity contribution in [1.29, 1.82) is 0 Å². The summed E-state index contributed by atoms with van der Waals surface area (Å²) in [5, 5.41) is 3.79. The summed E-state index contributed by atoms with van der Waals surface area (Å²) in [6.07, 6.45) is -4.62. The lowest BCUT2D eigenvalue weighted by atomic mass is 10.1. The molecule has 0 radical (unpaired) electrons. The SMILES string of the molecule is Cc1nc(SCC(=O)Nc2ccc(Cl)cc2C(F)(F)F)c2c(C)c(C)sc2n1. The van der Waals surface area contributed by atoms with Gasteiger partial charge in [0.2, 0.25) is 5.91 Å². The molecule has 2 aromatic heterocycles. The van der Waals surface area contributed by atoms with Gasteiger partial charge in [0.05, 0.1) is 17.0 Å². The van der Waals surface area contributed by atoms with Crippen molar-refractivity contribution in [3.8, 4) is 0 Å². The van der Waals surface area contributed by atoms with E-state index in [2.05, 4.69) is 15.3 Å². The minimum atomic E-state index is -4.62.